The fraction of sp³-hybridized carbons (Fsp3) is 0.278. The van der Waals surface area contributed by atoms with Crippen LogP contribution in [0.25, 0.3) is 0 Å². The summed E-state index contributed by atoms with van der Waals surface area (Å²) in [5, 5.41) is 13.7. The van der Waals surface area contributed by atoms with E-state index in [-0.39, 0.29) is 23.5 Å². The zero-order valence-corrected chi connectivity index (χ0v) is 14.8. The van der Waals surface area contributed by atoms with Crippen LogP contribution in [0, 0.1) is 10.1 Å². The molecule has 2 aromatic rings. The second kappa shape index (κ2) is 8.93. The molecule has 144 valence electrons. The van der Waals surface area contributed by atoms with Gasteiger partial charge in [0.05, 0.1) is 10.5 Å². The molecule has 1 N–H and O–H groups in total. The summed E-state index contributed by atoms with van der Waals surface area (Å²) in [7, 11) is 3.47. The number of carbonyl (C=O) groups excluding carboxylic acids is 1. The third-order valence-electron chi connectivity index (χ3n) is 3.77. The van der Waals surface area contributed by atoms with Gasteiger partial charge in [-0.25, -0.2) is 0 Å². The SMILES string of the molecule is CN(C)c1ccc([N+](=O)[O-])cc1C(=O)NCCc1ccc(OC(F)F)cc1. The fourth-order valence-electron chi connectivity index (χ4n) is 2.46. The van der Waals surface area contributed by atoms with Gasteiger partial charge >= 0.3 is 6.61 Å². The van der Waals surface area contributed by atoms with Crippen LogP contribution in [0.15, 0.2) is 42.5 Å². The standard InChI is InChI=1S/C18H19F2N3O4/c1-22(2)16-8-5-13(23(25)26)11-15(16)17(24)21-10-9-12-3-6-14(7-4-12)27-18(19)20/h3-8,11,18H,9-10H2,1-2H3,(H,21,24). The maximum Gasteiger partial charge on any atom is 0.387 e. The van der Waals surface area contributed by atoms with Crippen molar-refractivity contribution >= 4 is 17.3 Å². The van der Waals surface area contributed by atoms with Crippen LogP contribution in [0.5, 0.6) is 5.75 Å². The highest BCUT2D eigenvalue weighted by atomic mass is 19.3. The Hall–Kier alpha value is -3.23. The summed E-state index contributed by atoms with van der Waals surface area (Å²) in [4.78, 5) is 24.5. The number of non-ortho nitro benzene ring substituents is 1. The van der Waals surface area contributed by atoms with Crippen molar-refractivity contribution in [2.24, 2.45) is 0 Å². The zero-order valence-electron chi connectivity index (χ0n) is 14.8. The maximum absolute atomic E-state index is 12.4. The van der Waals surface area contributed by atoms with Gasteiger partial charge in [0.2, 0.25) is 0 Å². The van der Waals surface area contributed by atoms with Gasteiger partial charge in [-0.3, -0.25) is 14.9 Å². The average molecular weight is 379 g/mol. The first-order chi connectivity index (χ1) is 12.8. The number of nitrogens with one attached hydrogen (secondary N) is 1. The van der Waals surface area contributed by atoms with Crippen LogP contribution in [0.2, 0.25) is 0 Å². The van der Waals surface area contributed by atoms with Gasteiger partial charge in [0.15, 0.2) is 0 Å². The Kier molecular flexibility index (Phi) is 6.64. The highest BCUT2D eigenvalue weighted by Crippen LogP contribution is 2.24. The first kappa shape index (κ1) is 20.1. The van der Waals surface area contributed by atoms with Crippen molar-refractivity contribution in [3.05, 3.63) is 63.7 Å². The number of alkyl halides is 2. The topological polar surface area (TPSA) is 84.7 Å². The van der Waals surface area contributed by atoms with Gasteiger partial charge in [-0.1, -0.05) is 12.1 Å². The summed E-state index contributed by atoms with van der Waals surface area (Å²) in [6.07, 6.45) is 0.465. The summed E-state index contributed by atoms with van der Waals surface area (Å²) in [5.74, 6) is -0.370. The molecule has 7 nitrogen and oxygen atoms in total. The van der Waals surface area contributed by atoms with Gasteiger partial charge < -0.3 is 15.0 Å². The van der Waals surface area contributed by atoms with Crippen molar-refractivity contribution in [1.82, 2.24) is 5.32 Å². The van der Waals surface area contributed by atoms with Gasteiger partial charge in [-0.15, -0.1) is 0 Å². The molecule has 27 heavy (non-hydrogen) atoms. The Balaban J connectivity index is 2.01. The minimum atomic E-state index is -2.88. The van der Waals surface area contributed by atoms with Crippen LogP contribution in [0.4, 0.5) is 20.2 Å². The van der Waals surface area contributed by atoms with E-state index < -0.39 is 17.4 Å². The molecule has 1 amide bonds. The largest absolute Gasteiger partial charge is 0.435 e. The molecular formula is C18H19F2N3O4. The Labute approximate surface area is 154 Å². The van der Waals surface area contributed by atoms with Gasteiger partial charge in [0.25, 0.3) is 11.6 Å². The van der Waals surface area contributed by atoms with Gasteiger partial charge in [0.1, 0.15) is 5.75 Å². The Morgan fingerprint density at radius 2 is 1.89 bits per heavy atom. The quantitative estimate of drug-likeness (QED) is 0.562. The summed E-state index contributed by atoms with van der Waals surface area (Å²) >= 11 is 0. The third-order valence-corrected chi connectivity index (χ3v) is 3.77. The monoisotopic (exact) mass is 379 g/mol. The zero-order chi connectivity index (χ0) is 20.0. The normalized spacial score (nSPS) is 10.6. The van der Waals surface area contributed by atoms with Crippen molar-refractivity contribution in [2.45, 2.75) is 13.0 Å². The van der Waals surface area contributed by atoms with E-state index in [1.165, 1.54) is 30.3 Å². The number of rotatable bonds is 8. The van der Waals surface area contributed by atoms with Crippen LogP contribution in [-0.4, -0.2) is 38.1 Å². The van der Waals surface area contributed by atoms with Gasteiger partial charge in [0, 0.05) is 38.5 Å². The lowest BCUT2D eigenvalue weighted by molar-refractivity contribution is -0.384. The minimum absolute atomic E-state index is 0.0602. The lowest BCUT2D eigenvalue weighted by Crippen LogP contribution is -2.27. The second-order valence-corrected chi connectivity index (χ2v) is 5.88. The predicted molar refractivity (Wildman–Crippen MR) is 96.5 cm³/mol. The van der Waals surface area contributed by atoms with Crippen molar-refractivity contribution in [3.8, 4) is 5.75 Å². The van der Waals surface area contributed by atoms with E-state index in [0.717, 1.165) is 5.56 Å². The number of ether oxygens (including phenoxy) is 1. The lowest BCUT2D eigenvalue weighted by atomic mass is 10.1. The minimum Gasteiger partial charge on any atom is -0.435 e. The van der Waals surface area contributed by atoms with Gasteiger partial charge in [-0.05, 0) is 30.2 Å². The molecule has 0 radical (unpaired) electrons. The highest BCUT2D eigenvalue weighted by Gasteiger charge is 2.17. The summed E-state index contributed by atoms with van der Waals surface area (Å²) in [6.45, 7) is -2.60. The van der Waals surface area contributed by atoms with Crippen LogP contribution in [0.1, 0.15) is 15.9 Å². The molecular weight excluding hydrogens is 360 g/mol. The van der Waals surface area contributed by atoms with Crippen molar-refractivity contribution in [3.63, 3.8) is 0 Å². The van der Waals surface area contributed by atoms with E-state index >= 15 is 0 Å². The predicted octanol–water partition coefficient (Wildman–Crippen LogP) is 3.23. The molecule has 0 saturated carbocycles. The van der Waals surface area contributed by atoms with E-state index in [1.807, 2.05) is 0 Å². The number of halogens is 2. The Morgan fingerprint density at radius 3 is 2.44 bits per heavy atom. The molecule has 0 saturated heterocycles. The smallest absolute Gasteiger partial charge is 0.387 e. The molecule has 0 fully saturated rings. The first-order valence-electron chi connectivity index (χ1n) is 8.05. The second-order valence-electron chi connectivity index (χ2n) is 5.88. The number of benzene rings is 2. The summed E-state index contributed by atoms with van der Waals surface area (Å²) in [6, 6.07) is 10.2. The number of nitro benzene ring substituents is 1. The van der Waals surface area contributed by atoms with Crippen LogP contribution >= 0.6 is 0 Å². The third kappa shape index (κ3) is 5.63. The molecule has 0 aliphatic rings. The molecule has 0 atom stereocenters. The van der Waals surface area contributed by atoms with Crippen LogP contribution < -0.4 is 15.0 Å². The number of anilines is 1. The van der Waals surface area contributed by atoms with E-state index in [1.54, 1.807) is 31.1 Å². The number of carbonyl (C=O) groups is 1. The molecule has 2 aromatic carbocycles. The lowest BCUT2D eigenvalue weighted by Gasteiger charge is -2.17. The number of nitro groups is 1. The molecule has 0 aliphatic carbocycles. The maximum atomic E-state index is 12.4. The molecule has 0 heterocycles. The number of amides is 1. The van der Waals surface area contributed by atoms with E-state index in [4.69, 9.17) is 0 Å². The van der Waals surface area contributed by atoms with Crippen LogP contribution in [0.3, 0.4) is 0 Å². The summed E-state index contributed by atoms with van der Waals surface area (Å²) in [5.41, 5.74) is 1.42. The van der Waals surface area contributed by atoms with E-state index in [0.29, 0.717) is 12.1 Å². The first-order valence-corrected chi connectivity index (χ1v) is 8.05. The molecule has 0 bridgehead atoms. The molecule has 0 spiro atoms. The Bertz CT molecular complexity index is 811. The van der Waals surface area contributed by atoms with E-state index in [9.17, 15) is 23.7 Å². The van der Waals surface area contributed by atoms with Gasteiger partial charge in [-0.2, -0.15) is 8.78 Å². The molecule has 9 heteroatoms. The van der Waals surface area contributed by atoms with Crippen molar-refractivity contribution in [2.75, 3.05) is 25.5 Å². The highest BCUT2D eigenvalue weighted by molar-refractivity contribution is 6.00. The molecule has 2 rings (SSSR count). The molecule has 0 unspecified atom stereocenters. The number of nitrogens with zero attached hydrogens (tertiary/aromatic N) is 2. The summed E-state index contributed by atoms with van der Waals surface area (Å²) < 4.78 is 28.5. The number of hydrogen-bond acceptors (Lipinski definition) is 5. The fourth-order valence-corrected chi connectivity index (χ4v) is 2.46. The van der Waals surface area contributed by atoms with Crippen LogP contribution in [-0.2, 0) is 6.42 Å². The van der Waals surface area contributed by atoms with Crippen molar-refractivity contribution < 1.29 is 23.2 Å². The average Bonchev–Trinajstić information content (AvgIpc) is 2.62. The number of hydrogen-bond donors (Lipinski definition) is 1. The molecule has 0 aromatic heterocycles. The molecule has 0 aliphatic heterocycles. The Morgan fingerprint density at radius 1 is 1.22 bits per heavy atom. The van der Waals surface area contributed by atoms with Crippen molar-refractivity contribution in [1.29, 1.82) is 0 Å². The van der Waals surface area contributed by atoms with E-state index in [2.05, 4.69) is 10.1 Å².